The fourth-order valence-corrected chi connectivity index (χ4v) is 5.97. The first-order valence-corrected chi connectivity index (χ1v) is 15.2. The van der Waals surface area contributed by atoms with Crippen LogP contribution in [0.25, 0.3) is 0 Å². The van der Waals surface area contributed by atoms with Gasteiger partial charge in [-0.3, -0.25) is 0 Å². The Hall–Kier alpha value is -0.280. The maximum Gasteiger partial charge on any atom is 0.119 e. The third kappa shape index (κ3) is 13.1. The largest absolute Gasteiger partial charge is 0.508 e. The fraction of sp³-hybridized carbons (Fsp3) is 0.786. The van der Waals surface area contributed by atoms with E-state index in [0.717, 1.165) is 17.1 Å². The maximum atomic E-state index is 10.7. The lowest BCUT2D eigenvalue weighted by Crippen LogP contribution is -2.14. The summed E-state index contributed by atoms with van der Waals surface area (Å²) in [5.41, 5.74) is 3.93. The van der Waals surface area contributed by atoms with Gasteiger partial charge in [0.15, 0.2) is 0 Å². The molecule has 0 atom stereocenters. The second kappa shape index (κ2) is 17.2. The van der Waals surface area contributed by atoms with E-state index in [1.807, 2.05) is 11.8 Å². The minimum absolute atomic E-state index is 0.0672. The average Bonchev–Trinajstić information content (AvgIpc) is 2.72. The van der Waals surface area contributed by atoms with Crippen molar-refractivity contribution in [2.75, 3.05) is 11.5 Å². The monoisotopic (exact) mass is 466 g/mol. The normalized spacial score (nSPS) is 11.9. The Labute approximate surface area is 203 Å². The van der Waals surface area contributed by atoms with E-state index >= 15 is 0 Å². The Morgan fingerprint density at radius 1 is 0.645 bits per heavy atom. The van der Waals surface area contributed by atoms with Crippen LogP contribution in [0.15, 0.2) is 12.1 Å². The van der Waals surface area contributed by atoms with Crippen molar-refractivity contribution in [3.05, 3.63) is 28.8 Å². The molecule has 0 aliphatic heterocycles. The van der Waals surface area contributed by atoms with Crippen molar-refractivity contribution in [1.82, 2.24) is 0 Å². The summed E-state index contributed by atoms with van der Waals surface area (Å²) in [7, 11) is 0. The average molecular weight is 467 g/mol. The Kier molecular flexibility index (Phi) is 16.0. The van der Waals surface area contributed by atoms with Gasteiger partial charge in [-0.2, -0.15) is 23.5 Å². The molecule has 1 nitrogen and oxygen atoms in total. The SMILES string of the molecule is CCCCCCCCSCc1cc(CSCCCCCCCC)c(C(C)(C)C)cc1O. The van der Waals surface area contributed by atoms with Gasteiger partial charge >= 0.3 is 0 Å². The van der Waals surface area contributed by atoms with Crippen LogP contribution in [-0.4, -0.2) is 16.6 Å². The van der Waals surface area contributed by atoms with Crippen molar-refractivity contribution in [2.24, 2.45) is 0 Å². The summed E-state index contributed by atoms with van der Waals surface area (Å²) in [6, 6.07) is 4.36. The quantitative estimate of drug-likeness (QED) is 0.217. The second-order valence-corrected chi connectivity index (χ2v) is 12.2. The minimum atomic E-state index is 0.0672. The van der Waals surface area contributed by atoms with Gasteiger partial charge in [0.2, 0.25) is 0 Å². The lowest BCUT2D eigenvalue weighted by Gasteiger charge is -2.24. The van der Waals surface area contributed by atoms with E-state index in [2.05, 4.69) is 58.5 Å². The van der Waals surface area contributed by atoms with E-state index < -0.39 is 0 Å². The number of thioether (sulfide) groups is 2. The Morgan fingerprint density at radius 3 is 1.58 bits per heavy atom. The predicted molar refractivity (Wildman–Crippen MR) is 146 cm³/mol. The Balaban J connectivity index is 2.51. The number of unbranched alkanes of at least 4 members (excludes halogenated alkanes) is 10. The summed E-state index contributed by atoms with van der Waals surface area (Å²) in [5, 5.41) is 10.7. The van der Waals surface area contributed by atoms with Gasteiger partial charge in [0.25, 0.3) is 0 Å². The van der Waals surface area contributed by atoms with Gasteiger partial charge in [-0.15, -0.1) is 0 Å². The van der Waals surface area contributed by atoms with E-state index in [9.17, 15) is 5.11 Å². The minimum Gasteiger partial charge on any atom is -0.508 e. The number of benzene rings is 1. The first-order chi connectivity index (χ1) is 14.9. The molecule has 0 saturated carbocycles. The van der Waals surface area contributed by atoms with Crippen LogP contribution < -0.4 is 0 Å². The first kappa shape index (κ1) is 28.8. The summed E-state index contributed by atoms with van der Waals surface area (Å²) >= 11 is 4.05. The molecule has 1 N–H and O–H groups in total. The molecule has 0 aliphatic carbocycles. The van der Waals surface area contributed by atoms with Gasteiger partial charge in [-0.05, 0) is 47.0 Å². The van der Waals surface area contributed by atoms with Crippen molar-refractivity contribution >= 4 is 23.5 Å². The standard InChI is InChI=1S/C28H50OS2/c1-6-8-10-12-14-16-18-30-22-24-20-25(27(29)21-26(24)28(3,4)5)23-31-19-17-15-13-11-9-7-2/h20-21,29H,6-19,22-23H2,1-5H3. The number of aromatic hydroxyl groups is 1. The molecule has 0 fully saturated rings. The van der Waals surface area contributed by atoms with E-state index in [-0.39, 0.29) is 5.41 Å². The van der Waals surface area contributed by atoms with E-state index in [1.54, 1.807) is 0 Å². The molecule has 0 aromatic heterocycles. The van der Waals surface area contributed by atoms with Crippen LogP contribution in [0.3, 0.4) is 0 Å². The molecule has 0 aliphatic rings. The van der Waals surface area contributed by atoms with Gasteiger partial charge in [0, 0.05) is 17.1 Å². The van der Waals surface area contributed by atoms with Gasteiger partial charge in [0.05, 0.1) is 0 Å². The van der Waals surface area contributed by atoms with Crippen LogP contribution in [0.5, 0.6) is 5.75 Å². The molecule has 1 aromatic carbocycles. The topological polar surface area (TPSA) is 20.2 Å². The van der Waals surface area contributed by atoms with Crippen molar-refractivity contribution in [2.45, 2.75) is 129 Å². The molecule has 0 unspecified atom stereocenters. The lowest BCUT2D eigenvalue weighted by atomic mass is 9.83. The molecular weight excluding hydrogens is 416 g/mol. The molecule has 1 aromatic rings. The smallest absolute Gasteiger partial charge is 0.119 e. The van der Waals surface area contributed by atoms with Crippen LogP contribution >= 0.6 is 23.5 Å². The molecule has 180 valence electrons. The van der Waals surface area contributed by atoms with Crippen molar-refractivity contribution < 1.29 is 5.11 Å². The molecule has 0 amide bonds. The highest BCUT2D eigenvalue weighted by molar-refractivity contribution is 7.98. The third-order valence-electron chi connectivity index (χ3n) is 5.91. The molecule has 0 spiro atoms. The number of hydrogen-bond donors (Lipinski definition) is 1. The fourth-order valence-electron chi connectivity index (χ4n) is 3.95. The zero-order valence-electron chi connectivity index (χ0n) is 21.2. The lowest BCUT2D eigenvalue weighted by molar-refractivity contribution is 0.465. The van der Waals surface area contributed by atoms with E-state index in [0.29, 0.717) is 5.75 Å². The van der Waals surface area contributed by atoms with Crippen LogP contribution in [0.2, 0.25) is 0 Å². The molecule has 3 heteroatoms. The van der Waals surface area contributed by atoms with Crippen LogP contribution in [0.4, 0.5) is 0 Å². The summed E-state index contributed by atoms with van der Waals surface area (Å²) in [6.07, 6.45) is 16.3. The number of phenolic OH excluding ortho intramolecular Hbond substituents is 1. The maximum absolute atomic E-state index is 10.7. The Bertz CT molecular complexity index is 577. The van der Waals surface area contributed by atoms with Crippen molar-refractivity contribution in [3.8, 4) is 5.75 Å². The first-order valence-electron chi connectivity index (χ1n) is 12.9. The van der Waals surface area contributed by atoms with Crippen molar-refractivity contribution in [3.63, 3.8) is 0 Å². The van der Waals surface area contributed by atoms with Crippen molar-refractivity contribution in [1.29, 1.82) is 0 Å². The van der Waals surface area contributed by atoms with Gasteiger partial charge in [0.1, 0.15) is 5.75 Å². The van der Waals surface area contributed by atoms with Gasteiger partial charge < -0.3 is 5.11 Å². The van der Waals surface area contributed by atoms with E-state index in [4.69, 9.17) is 0 Å². The Morgan fingerprint density at radius 2 is 1.10 bits per heavy atom. The molecule has 0 heterocycles. The third-order valence-corrected chi connectivity index (χ3v) is 8.10. The summed E-state index contributed by atoms with van der Waals surface area (Å²) < 4.78 is 0. The highest BCUT2D eigenvalue weighted by atomic mass is 32.2. The molecule has 0 radical (unpaired) electrons. The van der Waals surface area contributed by atoms with Crippen LogP contribution in [0, 0.1) is 0 Å². The molecule has 1 rings (SSSR count). The predicted octanol–water partition coefficient (Wildman–Crippen LogP) is 9.88. The summed E-state index contributed by atoms with van der Waals surface area (Å²) in [4.78, 5) is 0. The summed E-state index contributed by atoms with van der Waals surface area (Å²) in [6.45, 7) is 11.3. The highest BCUT2D eigenvalue weighted by Crippen LogP contribution is 2.35. The number of rotatable bonds is 18. The van der Waals surface area contributed by atoms with Crippen LogP contribution in [0.1, 0.15) is 128 Å². The van der Waals surface area contributed by atoms with Crippen LogP contribution in [-0.2, 0) is 16.9 Å². The van der Waals surface area contributed by atoms with Gasteiger partial charge in [-0.25, -0.2) is 0 Å². The highest BCUT2D eigenvalue weighted by Gasteiger charge is 2.20. The van der Waals surface area contributed by atoms with Gasteiger partial charge in [-0.1, -0.05) is 105 Å². The second-order valence-electron chi connectivity index (χ2n) is 10.0. The zero-order chi connectivity index (χ0) is 23.0. The zero-order valence-corrected chi connectivity index (χ0v) is 22.9. The van der Waals surface area contributed by atoms with E-state index in [1.165, 1.54) is 99.7 Å². The molecule has 0 saturated heterocycles. The number of phenols is 1. The molecular formula is C28H50OS2. The summed E-state index contributed by atoms with van der Waals surface area (Å²) in [5.74, 6) is 4.94. The molecule has 31 heavy (non-hydrogen) atoms. The number of hydrogen-bond acceptors (Lipinski definition) is 3. The molecule has 0 bridgehead atoms.